The molecule has 134 valence electrons. The molecule has 0 radical (unpaired) electrons. The van der Waals surface area contributed by atoms with E-state index in [1.54, 1.807) is 28.0 Å². The van der Waals surface area contributed by atoms with Gasteiger partial charge in [-0.1, -0.05) is 11.6 Å². The third-order valence-corrected chi connectivity index (χ3v) is 5.03. The van der Waals surface area contributed by atoms with Gasteiger partial charge in [0.15, 0.2) is 0 Å². The van der Waals surface area contributed by atoms with Crippen LogP contribution in [-0.2, 0) is 6.54 Å². The summed E-state index contributed by atoms with van der Waals surface area (Å²) in [5.74, 6) is -0.702. The van der Waals surface area contributed by atoms with Crippen LogP contribution >= 0.6 is 11.6 Å². The number of aromatic nitrogens is 4. The molecule has 4 aromatic rings. The van der Waals surface area contributed by atoms with Crippen molar-refractivity contribution < 1.29 is 9.18 Å². The maximum atomic E-state index is 13.5. The second-order valence-corrected chi connectivity index (χ2v) is 6.70. The van der Waals surface area contributed by atoms with E-state index in [9.17, 15) is 9.18 Å². The molecule has 0 saturated carbocycles. The molecule has 4 heterocycles. The third-order valence-electron chi connectivity index (χ3n) is 4.74. The monoisotopic (exact) mass is 381 g/mol. The second-order valence-electron chi connectivity index (χ2n) is 6.30. The van der Waals surface area contributed by atoms with Gasteiger partial charge in [-0.05, 0) is 30.3 Å². The summed E-state index contributed by atoms with van der Waals surface area (Å²) in [5.41, 5.74) is 3.51. The van der Waals surface area contributed by atoms with Crippen LogP contribution in [0.2, 0.25) is 5.02 Å². The number of anilines is 1. The molecular formula is C19H13ClFN5O. The van der Waals surface area contributed by atoms with Gasteiger partial charge in [-0.15, -0.1) is 0 Å². The predicted molar refractivity (Wildman–Crippen MR) is 99.5 cm³/mol. The van der Waals surface area contributed by atoms with Crippen molar-refractivity contribution in [3.63, 3.8) is 0 Å². The van der Waals surface area contributed by atoms with E-state index in [-0.39, 0.29) is 10.9 Å². The summed E-state index contributed by atoms with van der Waals surface area (Å²) in [6, 6.07) is 8.11. The molecule has 0 bridgehead atoms. The molecular weight excluding hydrogens is 369 g/mol. The molecule has 1 aliphatic heterocycles. The first-order chi connectivity index (χ1) is 13.1. The Balaban J connectivity index is 1.59. The zero-order valence-electron chi connectivity index (χ0n) is 14.0. The van der Waals surface area contributed by atoms with Crippen molar-refractivity contribution in [3.05, 3.63) is 71.7 Å². The fourth-order valence-electron chi connectivity index (χ4n) is 3.39. The molecule has 1 aromatic carbocycles. The Morgan fingerprint density at radius 2 is 2.04 bits per heavy atom. The lowest BCUT2D eigenvalue weighted by atomic mass is 10.1. The van der Waals surface area contributed by atoms with Crippen LogP contribution in [0.5, 0.6) is 0 Å². The molecule has 0 aliphatic carbocycles. The zero-order valence-corrected chi connectivity index (χ0v) is 14.8. The fourth-order valence-corrected chi connectivity index (χ4v) is 3.57. The van der Waals surface area contributed by atoms with Crippen molar-refractivity contribution in [2.24, 2.45) is 0 Å². The lowest BCUT2D eigenvalue weighted by Crippen LogP contribution is -2.40. The Bertz CT molecular complexity index is 1200. The molecule has 0 atom stereocenters. The van der Waals surface area contributed by atoms with E-state index in [4.69, 9.17) is 11.6 Å². The minimum atomic E-state index is -0.510. The number of carbonyl (C=O) groups is 1. The zero-order chi connectivity index (χ0) is 18.5. The molecule has 0 N–H and O–H groups in total. The van der Waals surface area contributed by atoms with Gasteiger partial charge in [0.1, 0.15) is 17.2 Å². The lowest BCUT2D eigenvalue weighted by Gasteiger charge is -2.28. The first kappa shape index (κ1) is 16.0. The molecule has 27 heavy (non-hydrogen) atoms. The first-order valence-electron chi connectivity index (χ1n) is 8.37. The summed E-state index contributed by atoms with van der Waals surface area (Å²) in [6.45, 7) is 0.985. The summed E-state index contributed by atoms with van der Waals surface area (Å²) in [7, 11) is 0. The Morgan fingerprint density at radius 1 is 1.15 bits per heavy atom. The van der Waals surface area contributed by atoms with Gasteiger partial charge in [0.25, 0.3) is 5.91 Å². The summed E-state index contributed by atoms with van der Waals surface area (Å²) < 4.78 is 17.1. The summed E-state index contributed by atoms with van der Waals surface area (Å²) in [6.07, 6.45) is 7.19. The highest BCUT2D eigenvalue weighted by Crippen LogP contribution is 2.30. The van der Waals surface area contributed by atoms with Crippen molar-refractivity contribution in [2.75, 3.05) is 11.4 Å². The van der Waals surface area contributed by atoms with Crippen molar-refractivity contribution in [3.8, 4) is 11.1 Å². The van der Waals surface area contributed by atoms with Crippen molar-refractivity contribution in [1.29, 1.82) is 0 Å². The highest BCUT2D eigenvalue weighted by atomic mass is 35.5. The molecule has 8 heteroatoms. The lowest BCUT2D eigenvalue weighted by molar-refractivity contribution is 0.0963. The highest BCUT2D eigenvalue weighted by Gasteiger charge is 2.30. The standard InChI is InChI=1S/C19H13ClFN5O/c20-15-9-13(2-3-16(15)21)25-7-8-26-18(19(25)27)14(10-23-26)12-1-4-17-22-5-6-24(17)11-12/h1-6,9-11H,7-8H2. The smallest absolute Gasteiger partial charge is 0.277 e. The van der Waals surface area contributed by atoms with Crippen molar-refractivity contribution in [1.82, 2.24) is 19.2 Å². The summed E-state index contributed by atoms with van der Waals surface area (Å²) in [5, 5.41) is 4.36. The van der Waals surface area contributed by atoms with Gasteiger partial charge < -0.3 is 9.30 Å². The number of nitrogens with zero attached hydrogens (tertiary/aromatic N) is 5. The SMILES string of the molecule is O=C1c2c(-c3ccc4nccn4c3)cnn2CCN1c1ccc(F)c(Cl)c1. The maximum Gasteiger partial charge on any atom is 0.277 e. The van der Waals surface area contributed by atoms with Crippen LogP contribution in [0.4, 0.5) is 10.1 Å². The Morgan fingerprint density at radius 3 is 2.89 bits per heavy atom. The normalized spacial score (nSPS) is 14.0. The minimum Gasteiger partial charge on any atom is -0.306 e. The number of hydrogen-bond donors (Lipinski definition) is 0. The number of rotatable bonds is 2. The maximum absolute atomic E-state index is 13.5. The van der Waals surface area contributed by atoms with Crippen LogP contribution in [0.1, 0.15) is 10.5 Å². The van der Waals surface area contributed by atoms with Crippen LogP contribution in [0.15, 0.2) is 55.1 Å². The number of pyridine rings is 1. The topological polar surface area (TPSA) is 55.4 Å². The van der Waals surface area contributed by atoms with Crippen LogP contribution in [0, 0.1) is 5.82 Å². The van der Waals surface area contributed by atoms with Gasteiger partial charge in [0, 0.05) is 41.9 Å². The quantitative estimate of drug-likeness (QED) is 0.532. The average Bonchev–Trinajstić information content (AvgIpc) is 3.30. The predicted octanol–water partition coefficient (Wildman–Crippen LogP) is 3.65. The van der Waals surface area contributed by atoms with Gasteiger partial charge in [-0.3, -0.25) is 9.48 Å². The van der Waals surface area contributed by atoms with Crippen LogP contribution in [-0.4, -0.2) is 31.6 Å². The Hall–Kier alpha value is -3.19. The van der Waals surface area contributed by atoms with E-state index >= 15 is 0 Å². The minimum absolute atomic E-state index is 0.00911. The van der Waals surface area contributed by atoms with E-state index in [0.717, 1.165) is 16.8 Å². The molecule has 1 amide bonds. The van der Waals surface area contributed by atoms with Crippen molar-refractivity contribution >= 4 is 28.8 Å². The van der Waals surface area contributed by atoms with Gasteiger partial charge in [0.2, 0.25) is 0 Å². The second kappa shape index (κ2) is 5.92. The van der Waals surface area contributed by atoms with Crippen LogP contribution in [0.3, 0.4) is 0 Å². The number of benzene rings is 1. The molecule has 1 aliphatic rings. The first-order valence-corrected chi connectivity index (χ1v) is 8.75. The largest absolute Gasteiger partial charge is 0.306 e. The Kier molecular flexibility index (Phi) is 3.51. The Labute approximate surface area is 158 Å². The summed E-state index contributed by atoms with van der Waals surface area (Å²) in [4.78, 5) is 19.0. The molecule has 0 spiro atoms. The number of hydrogen-bond acceptors (Lipinski definition) is 3. The number of fused-ring (bicyclic) bond motifs is 2. The average molecular weight is 382 g/mol. The van der Waals surface area contributed by atoms with Gasteiger partial charge in [-0.25, -0.2) is 9.37 Å². The summed E-state index contributed by atoms with van der Waals surface area (Å²) >= 11 is 5.89. The third kappa shape index (κ3) is 2.50. The number of halogens is 2. The van der Waals surface area contributed by atoms with Gasteiger partial charge >= 0.3 is 0 Å². The van der Waals surface area contributed by atoms with Gasteiger partial charge in [-0.2, -0.15) is 5.10 Å². The molecule has 6 nitrogen and oxygen atoms in total. The van der Waals surface area contributed by atoms with Crippen molar-refractivity contribution in [2.45, 2.75) is 6.54 Å². The molecule has 3 aromatic heterocycles. The number of carbonyl (C=O) groups excluding carboxylic acids is 1. The van der Waals surface area contributed by atoms with E-state index in [0.29, 0.717) is 24.5 Å². The van der Waals surface area contributed by atoms with E-state index in [1.807, 2.05) is 28.9 Å². The fraction of sp³-hybridized carbons (Fsp3) is 0.105. The molecule has 0 unspecified atom stereocenters. The van der Waals surface area contributed by atoms with E-state index in [2.05, 4.69) is 10.1 Å². The number of amides is 1. The molecule has 5 rings (SSSR count). The number of imidazole rings is 1. The van der Waals surface area contributed by atoms with Crippen LogP contribution < -0.4 is 4.90 Å². The highest BCUT2D eigenvalue weighted by molar-refractivity contribution is 6.31. The van der Waals surface area contributed by atoms with E-state index < -0.39 is 5.82 Å². The molecule has 0 fully saturated rings. The van der Waals surface area contributed by atoms with E-state index in [1.165, 1.54) is 12.1 Å². The molecule has 0 saturated heterocycles. The van der Waals surface area contributed by atoms with Gasteiger partial charge in [0.05, 0.1) is 17.8 Å². The van der Waals surface area contributed by atoms with Crippen LogP contribution in [0.25, 0.3) is 16.8 Å².